The lowest BCUT2D eigenvalue weighted by Gasteiger charge is -2.10. The predicted octanol–water partition coefficient (Wildman–Crippen LogP) is 3.01. The van der Waals surface area contributed by atoms with Gasteiger partial charge in [0.15, 0.2) is 0 Å². The van der Waals surface area contributed by atoms with E-state index < -0.39 is 5.97 Å². The minimum atomic E-state index is -0.780. The number of ether oxygens (including phenoxy) is 1. The second-order valence-electron chi connectivity index (χ2n) is 3.96. The first-order valence-electron chi connectivity index (χ1n) is 5.32. The van der Waals surface area contributed by atoms with Crippen LogP contribution in [0.5, 0.6) is 5.75 Å². The van der Waals surface area contributed by atoms with Gasteiger partial charge in [-0.15, -0.1) is 0 Å². The number of halogens is 1. The van der Waals surface area contributed by atoms with Crippen LogP contribution >= 0.6 is 15.9 Å². The third-order valence-electron chi connectivity index (χ3n) is 2.45. The summed E-state index contributed by atoms with van der Waals surface area (Å²) in [4.78, 5) is 10.6. The lowest BCUT2D eigenvalue weighted by molar-refractivity contribution is -0.136. The van der Waals surface area contributed by atoms with Gasteiger partial charge in [-0.25, -0.2) is 0 Å². The monoisotopic (exact) mass is 284 g/mol. The summed E-state index contributed by atoms with van der Waals surface area (Å²) in [6.45, 7) is 0. The van der Waals surface area contributed by atoms with Gasteiger partial charge in [-0.05, 0) is 43.0 Å². The Hall–Kier alpha value is -1.03. The van der Waals surface area contributed by atoms with Gasteiger partial charge in [0, 0.05) is 10.9 Å². The Morgan fingerprint density at radius 3 is 2.88 bits per heavy atom. The van der Waals surface area contributed by atoms with Gasteiger partial charge in [0.05, 0.1) is 6.10 Å². The molecule has 0 saturated heterocycles. The van der Waals surface area contributed by atoms with Crippen LogP contribution in [0.25, 0.3) is 0 Å². The van der Waals surface area contributed by atoms with Gasteiger partial charge in [-0.2, -0.15) is 0 Å². The van der Waals surface area contributed by atoms with E-state index in [4.69, 9.17) is 9.84 Å². The molecule has 1 aliphatic rings. The molecule has 2 rings (SSSR count). The predicted molar refractivity (Wildman–Crippen MR) is 63.7 cm³/mol. The molecule has 1 aromatic carbocycles. The lowest BCUT2D eigenvalue weighted by atomic mass is 10.1. The van der Waals surface area contributed by atoms with Crippen LogP contribution in [-0.4, -0.2) is 17.2 Å². The van der Waals surface area contributed by atoms with Crippen LogP contribution < -0.4 is 4.74 Å². The molecule has 1 aromatic rings. The highest BCUT2D eigenvalue weighted by molar-refractivity contribution is 9.10. The second-order valence-corrected chi connectivity index (χ2v) is 4.88. The molecule has 16 heavy (non-hydrogen) atoms. The average Bonchev–Trinajstić information content (AvgIpc) is 3.02. The Balaban J connectivity index is 2.10. The fraction of sp³-hybridized carbons (Fsp3) is 0.417. The summed E-state index contributed by atoms with van der Waals surface area (Å²) >= 11 is 3.38. The number of rotatable bonds is 5. The maximum absolute atomic E-state index is 10.6. The van der Waals surface area contributed by atoms with Gasteiger partial charge in [-0.1, -0.05) is 15.9 Å². The van der Waals surface area contributed by atoms with Gasteiger partial charge in [-0.3, -0.25) is 4.79 Å². The van der Waals surface area contributed by atoms with Crippen LogP contribution in [-0.2, 0) is 11.2 Å². The Labute approximate surface area is 103 Å². The molecule has 3 nitrogen and oxygen atoms in total. The Kier molecular flexibility index (Phi) is 3.49. The van der Waals surface area contributed by atoms with Crippen molar-refractivity contribution in [2.24, 2.45) is 0 Å². The second kappa shape index (κ2) is 4.87. The molecule has 1 saturated carbocycles. The number of aryl methyl sites for hydroxylation is 1. The summed E-state index contributed by atoms with van der Waals surface area (Å²) in [6.07, 6.45) is 3.20. The van der Waals surface area contributed by atoms with E-state index in [1.165, 1.54) is 0 Å². The van der Waals surface area contributed by atoms with Crippen molar-refractivity contribution in [3.8, 4) is 5.75 Å². The van der Waals surface area contributed by atoms with Crippen LogP contribution in [0, 0.1) is 0 Å². The maximum atomic E-state index is 10.6. The van der Waals surface area contributed by atoms with E-state index in [0.29, 0.717) is 12.5 Å². The third-order valence-corrected chi connectivity index (χ3v) is 2.94. The van der Waals surface area contributed by atoms with E-state index in [0.717, 1.165) is 28.6 Å². The van der Waals surface area contributed by atoms with Crippen LogP contribution in [0.1, 0.15) is 24.8 Å². The minimum Gasteiger partial charge on any atom is -0.490 e. The van der Waals surface area contributed by atoms with Crippen LogP contribution in [0.15, 0.2) is 22.7 Å². The van der Waals surface area contributed by atoms with E-state index in [2.05, 4.69) is 15.9 Å². The normalized spacial score (nSPS) is 14.8. The molecule has 0 atom stereocenters. The van der Waals surface area contributed by atoms with Crippen molar-refractivity contribution in [3.05, 3.63) is 28.2 Å². The van der Waals surface area contributed by atoms with Crippen molar-refractivity contribution < 1.29 is 14.6 Å². The SMILES string of the molecule is O=C(O)CCc1cc(Br)ccc1OC1CC1. The molecule has 0 unspecified atom stereocenters. The molecule has 0 aromatic heterocycles. The summed E-state index contributed by atoms with van der Waals surface area (Å²) in [7, 11) is 0. The van der Waals surface area contributed by atoms with Crippen molar-refractivity contribution in [1.29, 1.82) is 0 Å². The molecule has 0 aliphatic heterocycles. The summed E-state index contributed by atoms with van der Waals surface area (Å²) in [6, 6.07) is 5.75. The first-order chi connectivity index (χ1) is 7.65. The highest BCUT2D eigenvalue weighted by Crippen LogP contribution is 2.31. The fourth-order valence-electron chi connectivity index (χ4n) is 1.47. The van der Waals surface area contributed by atoms with E-state index in [9.17, 15) is 4.79 Å². The standard InChI is InChI=1S/C12H13BrO3/c13-9-2-5-11(16-10-3-4-10)8(7-9)1-6-12(14)15/h2,5,7,10H,1,3-4,6H2,(H,14,15). The van der Waals surface area contributed by atoms with E-state index in [-0.39, 0.29) is 6.42 Å². The Bertz CT molecular complexity index is 399. The van der Waals surface area contributed by atoms with Crippen molar-refractivity contribution >= 4 is 21.9 Å². The van der Waals surface area contributed by atoms with Gasteiger partial charge >= 0.3 is 5.97 Å². The molecular formula is C12H13BrO3. The highest BCUT2D eigenvalue weighted by Gasteiger charge is 2.24. The minimum absolute atomic E-state index is 0.136. The topological polar surface area (TPSA) is 46.5 Å². The van der Waals surface area contributed by atoms with Crippen LogP contribution in [0.4, 0.5) is 0 Å². The largest absolute Gasteiger partial charge is 0.490 e. The zero-order chi connectivity index (χ0) is 11.5. The van der Waals surface area contributed by atoms with Crippen molar-refractivity contribution in [1.82, 2.24) is 0 Å². The van der Waals surface area contributed by atoms with Gasteiger partial charge < -0.3 is 9.84 Å². The lowest BCUT2D eigenvalue weighted by Crippen LogP contribution is -2.02. The summed E-state index contributed by atoms with van der Waals surface area (Å²) < 4.78 is 6.68. The van der Waals surface area contributed by atoms with Gasteiger partial charge in [0.1, 0.15) is 5.75 Å². The molecular weight excluding hydrogens is 272 g/mol. The quantitative estimate of drug-likeness (QED) is 0.904. The fourth-order valence-corrected chi connectivity index (χ4v) is 1.87. The number of benzene rings is 1. The molecule has 0 spiro atoms. The summed E-state index contributed by atoms with van der Waals surface area (Å²) in [5, 5.41) is 8.68. The molecule has 0 heterocycles. The Morgan fingerprint density at radius 2 is 2.25 bits per heavy atom. The molecule has 86 valence electrons. The first kappa shape index (κ1) is 11.5. The number of hydrogen-bond donors (Lipinski definition) is 1. The first-order valence-corrected chi connectivity index (χ1v) is 6.11. The highest BCUT2D eigenvalue weighted by atomic mass is 79.9. The maximum Gasteiger partial charge on any atom is 0.303 e. The molecule has 1 aliphatic carbocycles. The molecule has 0 radical (unpaired) electrons. The van der Waals surface area contributed by atoms with E-state index in [1.807, 2.05) is 18.2 Å². The smallest absolute Gasteiger partial charge is 0.303 e. The molecule has 4 heteroatoms. The number of carbonyl (C=O) groups is 1. The van der Waals surface area contributed by atoms with E-state index in [1.54, 1.807) is 0 Å². The zero-order valence-electron chi connectivity index (χ0n) is 8.78. The number of aliphatic carboxylic acids is 1. The molecule has 1 N–H and O–H groups in total. The van der Waals surface area contributed by atoms with Crippen LogP contribution in [0.2, 0.25) is 0 Å². The van der Waals surface area contributed by atoms with Crippen molar-refractivity contribution in [2.45, 2.75) is 31.8 Å². The number of carboxylic acid groups (broad SMARTS) is 1. The van der Waals surface area contributed by atoms with Crippen molar-refractivity contribution in [3.63, 3.8) is 0 Å². The molecule has 0 bridgehead atoms. The summed E-state index contributed by atoms with van der Waals surface area (Å²) in [5.74, 6) is 0.0456. The number of hydrogen-bond acceptors (Lipinski definition) is 2. The van der Waals surface area contributed by atoms with Crippen LogP contribution in [0.3, 0.4) is 0 Å². The van der Waals surface area contributed by atoms with Gasteiger partial charge in [0.25, 0.3) is 0 Å². The van der Waals surface area contributed by atoms with E-state index >= 15 is 0 Å². The average molecular weight is 285 g/mol. The van der Waals surface area contributed by atoms with Gasteiger partial charge in [0.2, 0.25) is 0 Å². The summed E-state index contributed by atoms with van der Waals surface area (Å²) in [5.41, 5.74) is 0.962. The molecule has 1 fully saturated rings. The number of carboxylic acids is 1. The van der Waals surface area contributed by atoms with Crippen molar-refractivity contribution in [2.75, 3.05) is 0 Å². The Morgan fingerprint density at radius 1 is 1.50 bits per heavy atom. The zero-order valence-corrected chi connectivity index (χ0v) is 10.4. The molecule has 0 amide bonds. The third kappa shape index (κ3) is 3.23.